The van der Waals surface area contributed by atoms with Crippen LogP contribution in [0.15, 0.2) is 41.3 Å². The van der Waals surface area contributed by atoms with Crippen LogP contribution in [-0.2, 0) is 11.3 Å². The van der Waals surface area contributed by atoms with Crippen molar-refractivity contribution >= 4 is 29.0 Å². The normalized spacial score (nSPS) is 15.5. The minimum absolute atomic E-state index is 0.142. The molecule has 140 valence electrons. The van der Waals surface area contributed by atoms with Crippen LogP contribution in [0.4, 0.5) is 9.18 Å². The van der Waals surface area contributed by atoms with Crippen LogP contribution in [-0.4, -0.2) is 35.4 Å². The van der Waals surface area contributed by atoms with Crippen molar-refractivity contribution in [1.82, 2.24) is 4.90 Å². The number of halogens is 1. The molecule has 1 fully saturated rings. The zero-order chi connectivity index (χ0) is 19.6. The lowest BCUT2D eigenvalue weighted by molar-refractivity contribution is -0.123. The third kappa shape index (κ3) is 3.75. The third-order valence-corrected chi connectivity index (χ3v) is 4.87. The minimum atomic E-state index is -0.515. The van der Waals surface area contributed by atoms with Gasteiger partial charge in [-0.1, -0.05) is 18.2 Å². The van der Waals surface area contributed by atoms with Crippen LogP contribution < -0.4 is 9.47 Å². The molecule has 2 amide bonds. The molecule has 8 heteroatoms. The van der Waals surface area contributed by atoms with Crippen molar-refractivity contribution in [2.75, 3.05) is 14.2 Å². The van der Waals surface area contributed by atoms with Crippen LogP contribution in [0.3, 0.4) is 0 Å². The number of imide groups is 1. The fourth-order valence-corrected chi connectivity index (χ4v) is 3.42. The highest BCUT2D eigenvalue weighted by molar-refractivity contribution is 8.18. The van der Waals surface area contributed by atoms with Crippen LogP contribution in [0.5, 0.6) is 17.2 Å². The van der Waals surface area contributed by atoms with Crippen molar-refractivity contribution in [3.05, 3.63) is 58.2 Å². The van der Waals surface area contributed by atoms with Crippen molar-refractivity contribution in [1.29, 1.82) is 0 Å². The number of phenols is 1. The van der Waals surface area contributed by atoms with E-state index in [9.17, 15) is 19.1 Å². The molecule has 0 unspecified atom stereocenters. The summed E-state index contributed by atoms with van der Waals surface area (Å²) in [7, 11) is 2.78. The topological polar surface area (TPSA) is 76.1 Å². The summed E-state index contributed by atoms with van der Waals surface area (Å²) in [6.07, 6.45) is 1.50. The van der Waals surface area contributed by atoms with Crippen molar-refractivity contribution in [3.8, 4) is 17.2 Å². The Labute approximate surface area is 159 Å². The second kappa shape index (κ2) is 7.71. The first-order chi connectivity index (χ1) is 12.9. The van der Waals surface area contributed by atoms with E-state index in [1.807, 2.05) is 0 Å². The largest absolute Gasteiger partial charge is 0.502 e. The molecule has 27 heavy (non-hydrogen) atoms. The standard InChI is InChI=1S/C19H16FNO5S/c1-25-14-7-11(8-15(26-2)17(14)22)9-16-18(23)21(19(24)27-16)10-12-5-3-4-6-13(12)20/h3-9,22H,10H2,1-2H3/b16-9-. The predicted molar refractivity (Wildman–Crippen MR) is 99.1 cm³/mol. The number of phenolic OH excluding ortho intramolecular Hbond substituents is 1. The first-order valence-corrected chi connectivity index (χ1v) is 8.70. The summed E-state index contributed by atoms with van der Waals surface area (Å²) < 4.78 is 24.0. The minimum Gasteiger partial charge on any atom is -0.502 e. The van der Waals surface area contributed by atoms with Gasteiger partial charge in [-0.3, -0.25) is 14.5 Å². The number of aromatic hydroxyl groups is 1. The summed E-state index contributed by atoms with van der Waals surface area (Å²) in [4.78, 5) is 26.0. The smallest absolute Gasteiger partial charge is 0.293 e. The molecule has 0 bridgehead atoms. The fraction of sp³-hybridized carbons (Fsp3) is 0.158. The molecule has 1 N–H and O–H groups in total. The lowest BCUT2D eigenvalue weighted by Gasteiger charge is -2.13. The fourth-order valence-electron chi connectivity index (χ4n) is 2.58. The number of hydrogen-bond acceptors (Lipinski definition) is 6. The molecular weight excluding hydrogens is 373 g/mol. The second-order valence-electron chi connectivity index (χ2n) is 5.63. The van der Waals surface area contributed by atoms with Gasteiger partial charge in [0.05, 0.1) is 25.7 Å². The van der Waals surface area contributed by atoms with Crippen molar-refractivity contribution in [2.24, 2.45) is 0 Å². The molecule has 0 spiro atoms. The lowest BCUT2D eigenvalue weighted by atomic mass is 10.1. The Bertz CT molecular complexity index is 918. The van der Waals surface area contributed by atoms with Crippen molar-refractivity contribution in [3.63, 3.8) is 0 Å². The Hall–Kier alpha value is -3.00. The van der Waals surface area contributed by atoms with E-state index in [1.54, 1.807) is 6.07 Å². The number of hydrogen-bond donors (Lipinski definition) is 1. The molecule has 0 radical (unpaired) electrons. The quantitative estimate of drug-likeness (QED) is 0.785. The van der Waals surface area contributed by atoms with Gasteiger partial charge < -0.3 is 14.6 Å². The Morgan fingerprint density at radius 2 is 1.78 bits per heavy atom. The predicted octanol–water partition coefficient (Wildman–Crippen LogP) is 3.79. The number of thioether (sulfide) groups is 1. The molecule has 1 heterocycles. The summed E-state index contributed by atoms with van der Waals surface area (Å²) in [6.45, 7) is -0.142. The average molecular weight is 389 g/mol. The molecule has 1 aliphatic heterocycles. The van der Waals surface area contributed by atoms with Gasteiger partial charge in [0.25, 0.3) is 11.1 Å². The van der Waals surface area contributed by atoms with Gasteiger partial charge in [-0.25, -0.2) is 4.39 Å². The summed E-state index contributed by atoms with van der Waals surface area (Å²) in [5, 5.41) is 9.48. The third-order valence-electron chi connectivity index (χ3n) is 3.96. The monoisotopic (exact) mass is 389 g/mol. The van der Waals surface area contributed by atoms with E-state index in [2.05, 4.69) is 0 Å². The molecule has 6 nitrogen and oxygen atoms in total. The molecule has 1 saturated heterocycles. The highest BCUT2D eigenvalue weighted by atomic mass is 32.2. The van der Waals surface area contributed by atoms with Crippen molar-refractivity contribution in [2.45, 2.75) is 6.54 Å². The average Bonchev–Trinajstić information content (AvgIpc) is 2.92. The zero-order valence-electron chi connectivity index (χ0n) is 14.6. The Balaban J connectivity index is 1.89. The summed E-state index contributed by atoms with van der Waals surface area (Å²) >= 11 is 0.765. The van der Waals surface area contributed by atoms with E-state index >= 15 is 0 Å². The van der Waals surface area contributed by atoms with Gasteiger partial charge in [-0.15, -0.1) is 0 Å². The van der Waals surface area contributed by atoms with E-state index in [1.165, 1.54) is 50.6 Å². The molecule has 0 atom stereocenters. The van der Waals surface area contributed by atoms with Crippen LogP contribution >= 0.6 is 11.8 Å². The Kier molecular flexibility index (Phi) is 5.36. The van der Waals surface area contributed by atoms with Crippen LogP contribution in [0.2, 0.25) is 0 Å². The number of methoxy groups -OCH3 is 2. The number of carbonyl (C=O) groups is 2. The lowest BCUT2D eigenvalue weighted by Crippen LogP contribution is -2.27. The highest BCUT2D eigenvalue weighted by Crippen LogP contribution is 2.39. The van der Waals surface area contributed by atoms with E-state index in [0.29, 0.717) is 5.56 Å². The van der Waals surface area contributed by atoms with E-state index < -0.39 is 17.0 Å². The van der Waals surface area contributed by atoms with Crippen LogP contribution in [0.25, 0.3) is 6.08 Å². The van der Waals surface area contributed by atoms with Crippen LogP contribution in [0, 0.1) is 5.82 Å². The number of benzene rings is 2. The Morgan fingerprint density at radius 3 is 2.37 bits per heavy atom. The SMILES string of the molecule is COc1cc(/C=C2\SC(=O)N(Cc3ccccc3F)C2=O)cc(OC)c1O. The van der Waals surface area contributed by atoms with Gasteiger partial charge in [-0.2, -0.15) is 0 Å². The highest BCUT2D eigenvalue weighted by Gasteiger charge is 2.35. The van der Waals surface area contributed by atoms with Gasteiger partial charge in [-0.05, 0) is 41.6 Å². The zero-order valence-corrected chi connectivity index (χ0v) is 15.4. The Morgan fingerprint density at radius 1 is 1.15 bits per heavy atom. The van der Waals surface area contributed by atoms with Gasteiger partial charge >= 0.3 is 0 Å². The van der Waals surface area contributed by atoms with Gasteiger partial charge in [0.1, 0.15) is 5.82 Å². The van der Waals surface area contributed by atoms with E-state index in [4.69, 9.17) is 9.47 Å². The van der Waals surface area contributed by atoms with Gasteiger partial charge in [0, 0.05) is 5.56 Å². The molecule has 3 rings (SSSR count). The summed E-state index contributed by atoms with van der Waals surface area (Å²) in [6, 6.07) is 9.02. The number of nitrogens with zero attached hydrogens (tertiary/aromatic N) is 1. The first-order valence-electron chi connectivity index (χ1n) is 7.88. The maximum absolute atomic E-state index is 13.8. The van der Waals surface area contributed by atoms with Crippen molar-refractivity contribution < 1.29 is 28.6 Å². The number of rotatable bonds is 5. The van der Waals surface area contributed by atoms with Gasteiger partial charge in [0.2, 0.25) is 5.75 Å². The second-order valence-corrected chi connectivity index (χ2v) is 6.63. The summed E-state index contributed by atoms with van der Waals surface area (Å²) in [5.41, 5.74) is 0.770. The molecule has 2 aromatic carbocycles. The molecule has 0 saturated carbocycles. The maximum Gasteiger partial charge on any atom is 0.293 e. The first kappa shape index (κ1) is 18.8. The summed E-state index contributed by atoms with van der Waals surface area (Å²) in [5.74, 6) is -0.810. The number of carbonyl (C=O) groups excluding carboxylic acids is 2. The molecule has 1 aliphatic rings. The molecule has 0 aliphatic carbocycles. The molecule has 0 aromatic heterocycles. The van der Waals surface area contributed by atoms with Crippen LogP contribution in [0.1, 0.15) is 11.1 Å². The van der Waals surface area contributed by atoms with E-state index in [-0.39, 0.29) is 34.3 Å². The number of amides is 2. The maximum atomic E-state index is 13.8. The molecule has 2 aromatic rings. The molecular formula is C19H16FNO5S. The van der Waals surface area contributed by atoms with E-state index in [0.717, 1.165) is 16.7 Å². The van der Waals surface area contributed by atoms with Gasteiger partial charge in [0.15, 0.2) is 11.5 Å². The number of ether oxygens (including phenoxy) is 2.